The lowest BCUT2D eigenvalue weighted by molar-refractivity contribution is -0.147. The van der Waals surface area contributed by atoms with Crippen LogP contribution in [0.4, 0.5) is 0 Å². The minimum atomic E-state index is -0.616. The molecule has 0 aliphatic rings. The van der Waals surface area contributed by atoms with Gasteiger partial charge < -0.3 is 9.47 Å². The molecule has 0 aliphatic carbocycles. The molecule has 1 aromatic carbocycles. The maximum Gasteiger partial charge on any atom is 0.346 e. The number of benzene rings is 1. The van der Waals surface area contributed by atoms with E-state index in [0.717, 1.165) is 11.1 Å². The van der Waals surface area contributed by atoms with Crippen molar-refractivity contribution >= 4 is 17.3 Å². The Kier molecular flexibility index (Phi) is 3.99. The van der Waals surface area contributed by atoms with Gasteiger partial charge in [0.15, 0.2) is 6.10 Å². The van der Waals surface area contributed by atoms with Crippen molar-refractivity contribution in [2.75, 3.05) is 7.11 Å². The van der Waals surface area contributed by atoms with Crippen LogP contribution in [0.5, 0.6) is 5.75 Å². The Morgan fingerprint density at radius 3 is 2.72 bits per heavy atom. The Hall–Kier alpha value is -1.81. The first-order valence-corrected chi connectivity index (χ1v) is 6.52. The van der Waals surface area contributed by atoms with E-state index >= 15 is 0 Å². The number of esters is 1. The smallest absolute Gasteiger partial charge is 0.346 e. The average molecular weight is 262 g/mol. The quantitative estimate of drug-likeness (QED) is 0.793. The maximum atomic E-state index is 11.4. The van der Waals surface area contributed by atoms with Gasteiger partial charge in [0, 0.05) is 5.56 Å². The van der Waals surface area contributed by atoms with Gasteiger partial charge in [-0.05, 0) is 35.4 Å². The summed E-state index contributed by atoms with van der Waals surface area (Å²) in [5.41, 5.74) is 2.07. The third-order valence-electron chi connectivity index (χ3n) is 2.56. The standard InChI is InChI=1S/C14H14O3S/c1-10(14(15)16-2)17-13-6-4-3-5-12(13)11-7-8-18-9-11/h3-10H,1-2H3/t10-/m0/s1. The van der Waals surface area contributed by atoms with Gasteiger partial charge in [-0.2, -0.15) is 11.3 Å². The zero-order valence-electron chi connectivity index (χ0n) is 10.3. The van der Waals surface area contributed by atoms with Gasteiger partial charge in [0.05, 0.1) is 7.11 Å². The van der Waals surface area contributed by atoms with E-state index in [1.807, 2.05) is 41.1 Å². The normalized spacial score (nSPS) is 11.9. The highest BCUT2D eigenvalue weighted by Gasteiger charge is 2.16. The molecule has 0 saturated carbocycles. The summed E-state index contributed by atoms with van der Waals surface area (Å²) < 4.78 is 10.3. The number of para-hydroxylation sites is 1. The Morgan fingerprint density at radius 2 is 2.06 bits per heavy atom. The van der Waals surface area contributed by atoms with E-state index in [4.69, 9.17) is 4.74 Å². The van der Waals surface area contributed by atoms with Gasteiger partial charge in [0.2, 0.25) is 0 Å². The third kappa shape index (κ3) is 2.71. The molecule has 2 rings (SSSR count). The third-order valence-corrected chi connectivity index (χ3v) is 3.24. The minimum absolute atomic E-state index is 0.380. The van der Waals surface area contributed by atoms with Gasteiger partial charge in [-0.1, -0.05) is 18.2 Å². The van der Waals surface area contributed by atoms with Crippen LogP contribution in [0.2, 0.25) is 0 Å². The predicted octanol–water partition coefficient (Wildman–Crippen LogP) is 3.36. The molecule has 0 fully saturated rings. The molecule has 0 N–H and O–H groups in total. The van der Waals surface area contributed by atoms with Gasteiger partial charge >= 0.3 is 5.97 Å². The predicted molar refractivity (Wildman–Crippen MR) is 71.9 cm³/mol. The molecule has 0 aliphatic heterocycles. The van der Waals surface area contributed by atoms with E-state index in [1.54, 1.807) is 18.3 Å². The van der Waals surface area contributed by atoms with E-state index in [1.165, 1.54) is 7.11 Å². The van der Waals surface area contributed by atoms with E-state index in [2.05, 4.69) is 4.74 Å². The molecule has 1 atom stereocenters. The summed E-state index contributed by atoms with van der Waals surface area (Å²) in [6, 6.07) is 9.68. The Bertz CT molecular complexity index is 520. The van der Waals surface area contributed by atoms with Crippen LogP contribution in [0.1, 0.15) is 6.92 Å². The molecule has 2 aromatic rings. The second kappa shape index (κ2) is 5.69. The molecule has 4 heteroatoms. The molecule has 18 heavy (non-hydrogen) atoms. The van der Waals surface area contributed by atoms with Crippen molar-refractivity contribution in [1.82, 2.24) is 0 Å². The molecule has 0 saturated heterocycles. The lowest BCUT2D eigenvalue weighted by Crippen LogP contribution is -2.25. The zero-order valence-corrected chi connectivity index (χ0v) is 11.1. The van der Waals surface area contributed by atoms with Crippen molar-refractivity contribution in [3.8, 4) is 16.9 Å². The zero-order chi connectivity index (χ0) is 13.0. The first kappa shape index (κ1) is 12.6. The molecule has 0 unspecified atom stereocenters. The fourth-order valence-corrected chi connectivity index (χ4v) is 2.29. The SMILES string of the molecule is COC(=O)[C@H](C)Oc1ccccc1-c1ccsc1. The molecule has 1 aromatic heterocycles. The first-order chi connectivity index (χ1) is 8.72. The van der Waals surface area contributed by atoms with E-state index in [9.17, 15) is 4.79 Å². The summed E-state index contributed by atoms with van der Waals surface area (Å²) in [6.45, 7) is 1.68. The largest absolute Gasteiger partial charge is 0.478 e. The van der Waals surface area contributed by atoms with Crippen LogP contribution in [0.25, 0.3) is 11.1 Å². The molecule has 0 radical (unpaired) electrons. The summed E-state index contributed by atoms with van der Waals surface area (Å²) >= 11 is 1.63. The fourth-order valence-electron chi connectivity index (χ4n) is 1.63. The highest BCUT2D eigenvalue weighted by molar-refractivity contribution is 7.08. The molecule has 3 nitrogen and oxygen atoms in total. The van der Waals surface area contributed by atoms with Gasteiger partial charge in [0.1, 0.15) is 5.75 Å². The van der Waals surface area contributed by atoms with Crippen LogP contribution in [-0.4, -0.2) is 19.2 Å². The lowest BCUT2D eigenvalue weighted by Gasteiger charge is -2.15. The van der Waals surface area contributed by atoms with Gasteiger partial charge in [-0.15, -0.1) is 0 Å². The Labute approximate surface area is 110 Å². The summed E-state index contributed by atoms with van der Waals surface area (Å²) in [4.78, 5) is 11.4. The van der Waals surface area contributed by atoms with Crippen molar-refractivity contribution in [3.63, 3.8) is 0 Å². The first-order valence-electron chi connectivity index (χ1n) is 5.58. The van der Waals surface area contributed by atoms with E-state index in [-0.39, 0.29) is 5.97 Å². The number of hydrogen-bond donors (Lipinski definition) is 0. The molecule has 0 amide bonds. The summed E-state index contributed by atoms with van der Waals surface area (Å²) in [5, 5.41) is 4.06. The van der Waals surface area contributed by atoms with Crippen molar-refractivity contribution in [3.05, 3.63) is 41.1 Å². The lowest BCUT2D eigenvalue weighted by atomic mass is 10.1. The van der Waals surface area contributed by atoms with Crippen LogP contribution in [-0.2, 0) is 9.53 Å². The highest BCUT2D eigenvalue weighted by atomic mass is 32.1. The topological polar surface area (TPSA) is 35.5 Å². The maximum absolute atomic E-state index is 11.4. The summed E-state index contributed by atoms with van der Waals surface area (Å²) in [7, 11) is 1.35. The van der Waals surface area contributed by atoms with Crippen LogP contribution in [0, 0.1) is 0 Å². The molecular weight excluding hydrogens is 248 g/mol. The number of methoxy groups -OCH3 is 1. The van der Waals surface area contributed by atoms with Gasteiger partial charge in [-0.3, -0.25) is 0 Å². The molecule has 0 spiro atoms. The second-order valence-electron chi connectivity index (χ2n) is 3.79. The minimum Gasteiger partial charge on any atom is -0.478 e. The highest BCUT2D eigenvalue weighted by Crippen LogP contribution is 2.31. The molecule has 1 heterocycles. The fraction of sp³-hybridized carbons (Fsp3) is 0.214. The van der Waals surface area contributed by atoms with Crippen LogP contribution >= 0.6 is 11.3 Å². The van der Waals surface area contributed by atoms with Crippen molar-refractivity contribution in [1.29, 1.82) is 0 Å². The summed E-state index contributed by atoms with van der Waals surface area (Å²) in [6.07, 6.45) is -0.616. The van der Waals surface area contributed by atoms with E-state index < -0.39 is 6.10 Å². The van der Waals surface area contributed by atoms with Gasteiger partial charge in [0.25, 0.3) is 0 Å². The number of carbonyl (C=O) groups excluding carboxylic acids is 1. The number of thiophene rings is 1. The van der Waals surface area contributed by atoms with Gasteiger partial charge in [-0.25, -0.2) is 4.79 Å². The monoisotopic (exact) mass is 262 g/mol. The average Bonchev–Trinajstić information content (AvgIpc) is 2.92. The van der Waals surface area contributed by atoms with Crippen LogP contribution in [0.3, 0.4) is 0 Å². The number of ether oxygens (including phenoxy) is 2. The van der Waals surface area contributed by atoms with Crippen molar-refractivity contribution in [2.24, 2.45) is 0 Å². The summed E-state index contributed by atoms with van der Waals surface area (Å²) in [5.74, 6) is 0.309. The van der Waals surface area contributed by atoms with E-state index in [0.29, 0.717) is 5.75 Å². The van der Waals surface area contributed by atoms with Crippen LogP contribution in [0.15, 0.2) is 41.1 Å². The Morgan fingerprint density at radius 1 is 1.28 bits per heavy atom. The molecule has 0 bridgehead atoms. The number of carbonyl (C=O) groups is 1. The second-order valence-corrected chi connectivity index (χ2v) is 4.57. The number of rotatable bonds is 4. The van der Waals surface area contributed by atoms with Crippen LogP contribution < -0.4 is 4.74 Å². The van der Waals surface area contributed by atoms with Crippen molar-refractivity contribution < 1.29 is 14.3 Å². The van der Waals surface area contributed by atoms with Crippen molar-refractivity contribution in [2.45, 2.75) is 13.0 Å². The number of hydrogen-bond acceptors (Lipinski definition) is 4. The molecular formula is C14H14O3S. The molecule has 94 valence electrons. The Balaban J connectivity index is 2.26.